The van der Waals surface area contributed by atoms with Crippen LogP contribution in [0.25, 0.3) is 0 Å². The molecule has 1 aromatic carbocycles. The quantitative estimate of drug-likeness (QED) is 0.775. The number of benzene rings is 1. The fraction of sp³-hybridized carbons (Fsp3) is 0.500. The Morgan fingerprint density at radius 2 is 1.46 bits per heavy atom. The standard InChI is InChI=1S/C18H23N3O5/c1-8-12(18(19)21(2)20-8)14-16(22)15(17(14)23)13-10(25-4)6-9(24-3)7-11(13)26-5/h6-7,14-17H,19H2,1-5H3/q-2. The molecule has 0 saturated heterocycles. The van der Waals surface area contributed by atoms with Crippen molar-refractivity contribution >= 4 is 5.82 Å². The van der Waals surface area contributed by atoms with Crippen LogP contribution >= 0.6 is 0 Å². The molecule has 2 N–H and O–H groups in total. The first kappa shape index (κ1) is 18.3. The van der Waals surface area contributed by atoms with Crippen molar-refractivity contribution in [1.29, 1.82) is 0 Å². The summed E-state index contributed by atoms with van der Waals surface area (Å²) in [5, 5.41) is 30.3. The topological polar surface area (TPSA) is 118 Å². The van der Waals surface area contributed by atoms with E-state index < -0.39 is 24.0 Å². The van der Waals surface area contributed by atoms with Gasteiger partial charge in [-0.25, -0.2) is 0 Å². The van der Waals surface area contributed by atoms with Crippen LogP contribution in [-0.4, -0.2) is 43.3 Å². The minimum absolute atomic E-state index is 0.362. The molecule has 1 aliphatic rings. The third-order valence-electron chi connectivity index (χ3n) is 5.15. The second kappa shape index (κ2) is 6.69. The van der Waals surface area contributed by atoms with E-state index in [1.54, 1.807) is 26.1 Å². The molecule has 1 aromatic heterocycles. The first-order chi connectivity index (χ1) is 12.3. The highest BCUT2D eigenvalue weighted by molar-refractivity contribution is 5.57. The predicted molar refractivity (Wildman–Crippen MR) is 91.5 cm³/mol. The summed E-state index contributed by atoms with van der Waals surface area (Å²) in [5.41, 5.74) is 7.67. The highest BCUT2D eigenvalue weighted by Gasteiger charge is 2.43. The number of hydrogen-bond donors (Lipinski definition) is 1. The highest BCUT2D eigenvalue weighted by atomic mass is 16.5. The minimum atomic E-state index is -1.17. The van der Waals surface area contributed by atoms with Gasteiger partial charge < -0.3 is 30.2 Å². The molecule has 26 heavy (non-hydrogen) atoms. The summed E-state index contributed by atoms with van der Waals surface area (Å²) in [4.78, 5) is 0. The molecule has 1 fully saturated rings. The average Bonchev–Trinajstić information content (AvgIpc) is 2.88. The number of aryl methyl sites for hydroxylation is 2. The van der Waals surface area contributed by atoms with Gasteiger partial charge in [0, 0.05) is 30.3 Å². The lowest BCUT2D eigenvalue weighted by Gasteiger charge is -2.61. The van der Waals surface area contributed by atoms with Crippen LogP contribution in [0.3, 0.4) is 0 Å². The van der Waals surface area contributed by atoms with Crippen LogP contribution in [-0.2, 0) is 7.05 Å². The zero-order valence-electron chi connectivity index (χ0n) is 15.5. The van der Waals surface area contributed by atoms with Gasteiger partial charge >= 0.3 is 0 Å². The van der Waals surface area contributed by atoms with E-state index in [-0.39, 0.29) is 0 Å². The number of nitrogens with two attached hydrogens (primary N) is 1. The normalized spacial score (nSPS) is 24.9. The molecule has 1 saturated carbocycles. The van der Waals surface area contributed by atoms with E-state index in [0.717, 1.165) is 0 Å². The van der Waals surface area contributed by atoms with E-state index in [1.165, 1.54) is 26.0 Å². The maximum absolute atomic E-state index is 13.0. The number of nitrogen functional groups attached to an aromatic ring is 1. The van der Waals surface area contributed by atoms with Crippen LogP contribution in [0.4, 0.5) is 5.82 Å². The van der Waals surface area contributed by atoms with Gasteiger partial charge in [-0.15, -0.1) is 12.2 Å². The monoisotopic (exact) mass is 361 g/mol. The van der Waals surface area contributed by atoms with Gasteiger partial charge in [0.05, 0.1) is 27.0 Å². The lowest BCUT2D eigenvalue weighted by atomic mass is 9.62. The van der Waals surface area contributed by atoms with Crippen LogP contribution in [0.2, 0.25) is 0 Å². The molecular weight excluding hydrogens is 338 g/mol. The largest absolute Gasteiger partial charge is 0.851 e. The molecule has 1 aliphatic carbocycles. The van der Waals surface area contributed by atoms with Gasteiger partial charge in [0.15, 0.2) is 0 Å². The van der Waals surface area contributed by atoms with Gasteiger partial charge in [0.1, 0.15) is 23.1 Å². The van der Waals surface area contributed by atoms with Crippen molar-refractivity contribution in [3.05, 3.63) is 29.0 Å². The number of aromatic nitrogens is 2. The summed E-state index contributed by atoms with van der Waals surface area (Å²) in [6.45, 7) is 1.76. The van der Waals surface area contributed by atoms with Crippen molar-refractivity contribution in [3.63, 3.8) is 0 Å². The second-order valence-corrected chi connectivity index (χ2v) is 6.43. The van der Waals surface area contributed by atoms with Crippen LogP contribution in [0.5, 0.6) is 17.2 Å². The smallest absolute Gasteiger partial charge is 0.129 e. The molecule has 0 radical (unpaired) electrons. The van der Waals surface area contributed by atoms with E-state index in [2.05, 4.69) is 5.10 Å². The SMILES string of the molecule is COc1cc(OC)c(C2C([O-])C(c3c(C)nn(C)c3N)C2[O-])c(OC)c1. The summed E-state index contributed by atoms with van der Waals surface area (Å²) < 4.78 is 17.5. The molecule has 0 bridgehead atoms. The zero-order valence-corrected chi connectivity index (χ0v) is 15.5. The van der Waals surface area contributed by atoms with Crippen LogP contribution in [0, 0.1) is 6.92 Å². The second-order valence-electron chi connectivity index (χ2n) is 6.43. The lowest BCUT2D eigenvalue weighted by Crippen LogP contribution is -2.64. The number of methoxy groups -OCH3 is 3. The Labute approximate surface area is 152 Å². The van der Waals surface area contributed by atoms with Crippen molar-refractivity contribution in [1.82, 2.24) is 9.78 Å². The Kier molecular flexibility index (Phi) is 4.72. The molecule has 1 heterocycles. The van der Waals surface area contributed by atoms with Gasteiger partial charge in [-0.1, -0.05) is 0 Å². The third-order valence-corrected chi connectivity index (χ3v) is 5.15. The van der Waals surface area contributed by atoms with Gasteiger partial charge in [-0.3, -0.25) is 4.68 Å². The van der Waals surface area contributed by atoms with Gasteiger partial charge in [-0.2, -0.15) is 5.10 Å². The van der Waals surface area contributed by atoms with Gasteiger partial charge in [0.2, 0.25) is 0 Å². The number of nitrogens with zero attached hydrogens (tertiary/aromatic N) is 2. The fourth-order valence-electron chi connectivity index (χ4n) is 3.80. The fourth-order valence-corrected chi connectivity index (χ4v) is 3.80. The van der Waals surface area contributed by atoms with Crippen LogP contribution in [0.15, 0.2) is 12.1 Å². The Morgan fingerprint density at radius 3 is 1.85 bits per heavy atom. The summed E-state index contributed by atoms with van der Waals surface area (Å²) in [7, 11) is 6.18. The van der Waals surface area contributed by atoms with Crippen molar-refractivity contribution < 1.29 is 24.4 Å². The average molecular weight is 361 g/mol. The Balaban J connectivity index is 2.02. The number of rotatable bonds is 5. The molecule has 0 amide bonds. The Bertz CT molecular complexity index is 784. The van der Waals surface area contributed by atoms with Crippen molar-refractivity contribution in [2.75, 3.05) is 27.1 Å². The number of ether oxygens (including phenoxy) is 3. The molecule has 3 rings (SSSR count). The van der Waals surface area contributed by atoms with E-state index in [1.807, 2.05) is 0 Å². The van der Waals surface area contributed by atoms with E-state index in [4.69, 9.17) is 19.9 Å². The van der Waals surface area contributed by atoms with Crippen molar-refractivity contribution in [3.8, 4) is 17.2 Å². The van der Waals surface area contributed by atoms with E-state index in [0.29, 0.717) is 39.9 Å². The minimum Gasteiger partial charge on any atom is -0.851 e. The van der Waals surface area contributed by atoms with Crippen LogP contribution in [0.1, 0.15) is 28.7 Å². The molecule has 8 nitrogen and oxygen atoms in total. The first-order valence-electron chi connectivity index (χ1n) is 8.26. The van der Waals surface area contributed by atoms with Crippen molar-refractivity contribution in [2.24, 2.45) is 7.05 Å². The van der Waals surface area contributed by atoms with Crippen LogP contribution < -0.4 is 30.2 Å². The predicted octanol–water partition coefficient (Wildman–Crippen LogP) is -0.325. The van der Waals surface area contributed by atoms with E-state index >= 15 is 0 Å². The molecule has 2 aromatic rings. The molecule has 0 spiro atoms. The molecule has 8 heteroatoms. The lowest BCUT2D eigenvalue weighted by molar-refractivity contribution is -0.536. The third kappa shape index (κ3) is 2.57. The molecular formula is C18H23N3O5-2. The molecule has 2 unspecified atom stereocenters. The zero-order chi connectivity index (χ0) is 19.2. The number of anilines is 1. The van der Waals surface area contributed by atoms with Gasteiger partial charge in [-0.05, 0) is 18.8 Å². The Morgan fingerprint density at radius 1 is 0.962 bits per heavy atom. The first-order valence-corrected chi connectivity index (χ1v) is 8.26. The van der Waals surface area contributed by atoms with Crippen molar-refractivity contribution in [2.45, 2.75) is 31.0 Å². The summed E-state index contributed by atoms with van der Waals surface area (Å²) >= 11 is 0. The summed E-state index contributed by atoms with van der Waals surface area (Å²) in [5.74, 6) is 0.154. The molecule has 142 valence electrons. The summed E-state index contributed by atoms with van der Waals surface area (Å²) in [6, 6.07) is 3.29. The summed E-state index contributed by atoms with van der Waals surface area (Å²) in [6.07, 6.45) is -2.34. The maximum Gasteiger partial charge on any atom is 0.129 e. The Hall–Kier alpha value is -2.45. The molecule has 0 aliphatic heterocycles. The van der Waals surface area contributed by atoms with Gasteiger partial charge in [0.25, 0.3) is 0 Å². The van der Waals surface area contributed by atoms with E-state index in [9.17, 15) is 10.2 Å². The highest BCUT2D eigenvalue weighted by Crippen LogP contribution is 2.52. The maximum atomic E-state index is 13.0. The molecule has 2 atom stereocenters. The number of hydrogen-bond acceptors (Lipinski definition) is 7.